The Hall–Kier alpha value is -3.77. The fraction of sp³-hybridized carbons (Fsp3) is 0.438. The number of carbonyl (C=O) groups excluding carboxylic acids is 2. The zero-order chi connectivity index (χ0) is 32.3. The molecule has 44 heavy (non-hydrogen) atoms. The lowest BCUT2D eigenvalue weighted by Crippen LogP contribution is -2.56. The topological polar surface area (TPSA) is 86.8 Å². The Morgan fingerprint density at radius 2 is 1.80 bits per heavy atom. The number of rotatable bonds is 10. The predicted molar refractivity (Wildman–Crippen MR) is 153 cm³/mol. The van der Waals surface area contributed by atoms with Crippen molar-refractivity contribution in [3.8, 4) is 11.1 Å². The van der Waals surface area contributed by atoms with Gasteiger partial charge < -0.3 is 24.7 Å². The van der Waals surface area contributed by atoms with E-state index in [0.29, 0.717) is 11.3 Å². The number of carbonyl (C=O) groups is 2. The van der Waals surface area contributed by atoms with Crippen molar-refractivity contribution in [2.24, 2.45) is 11.1 Å². The molecule has 238 valence electrons. The van der Waals surface area contributed by atoms with E-state index in [1.54, 1.807) is 16.8 Å². The monoisotopic (exact) mass is 621 g/mol. The van der Waals surface area contributed by atoms with Crippen LogP contribution in [0.1, 0.15) is 57.3 Å². The van der Waals surface area contributed by atoms with Gasteiger partial charge in [0.25, 0.3) is 11.7 Å². The third-order valence-electron chi connectivity index (χ3n) is 7.44. The maximum Gasteiger partial charge on any atom is 0.491 e. The molecule has 0 aliphatic carbocycles. The molecular weight excluding hydrogens is 585 g/mol. The first-order chi connectivity index (χ1) is 20.7. The van der Waals surface area contributed by atoms with Crippen molar-refractivity contribution in [2.45, 2.75) is 64.6 Å². The number of esters is 1. The number of nitrogens with zero attached hydrogens (tertiary/aromatic N) is 2. The standard InChI is InChI=1S/C32H36F5N3O4/c1-30(2,3)27(40(15-8-14-38)28(41)31(13-7-16-43-31)44-29(42)32(35,36)37)26-17-22(24-18-23(33)11-12-25(24)34)20-39(26)19-21-9-5-4-6-10-21/h4-6,9-12,17-18,20,27H,7-8,13-16,19,38H2,1-3H3/t27-,31-/m0/s1. The van der Waals surface area contributed by atoms with Gasteiger partial charge in [0.15, 0.2) is 0 Å². The van der Waals surface area contributed by atoms with Crippen molar-refractivity contribution in [1.82, 2.24) is 9.47 Å². The molecule has 1 fully saturated rings. The highest BCUT2D eigenvalue weighted by Crippen LogP contribution is 2.44. The number of aromatic nitrogens is 1. The van der Waals surface area contributed by atoms with Crippen LogP contribution in [0.4, 0.5) is 22.0 Å². The van der Waals surface area contributed by atoms with E-state index in [1.807, 2.05) is 51.1 Å². The van der Waals surface area contributed by atoms with Crippen LogP contribution in [0.5, 0.6) is 0 Å². The van der Waals surface area contributed by atoms with E-state index in [-0.39, 0.29) is 51.1 Å². The van der Waals surface area contributed by atoms with Crippen LogP contribution in [0.3, 0.4) is 0 Å². The second kappa shape index (κ2) is 13.1. The van der Waals surface area contributed by atoms with E-state index < -0.39 is 46.9 Å². The molecule has 1 amide bonds. The lowest BCUT2D eigenvalue weighted by atomic mass is 9.82. The number of ether oxygens (including phenoxy) is 2. The number of hydrogen-bond donors (Lipinski definition) is 1. The SMILES string of the molecule is CC(C)(C)[C@H](c1cc(-c2cc(F)ccc2F)cn1Cc1ccccc1)N(CCCN)C(=O)[C@@]1(OC(=O)C(F)(F)F)CCCO1. The first-order valence-corrected chi connectivity index (χ1v) is 14.3. The summed E-state index contributed by atoms with van der Waals surface area (Å²) in [5, 5.41) is 0. The average Bonchev–Trinajstić information content (AvgIpc) is 3.59. The van der Waals surface area contributed by atoms with E-state index in [1.165, 1.54) is 4.90 Å². The molecule has 0 radical (unpaired) electrons. The number of alkyl halides is 3. The minimum atomic E-state index is -5.35. The summed E-state index contributed by atoms with van der Waals surface area (Å²) in [4.78, 5) is 27.7. The Bertz CT molecular complexity index is 1460. The van der Waals surface area contributed by atoms with Crippen LogP contribution in [0.25, 0.3) is 11.1 Å². The van der Waals surface area contributed by atoms with E-state index in [9.17, 15) is 31.5 Å². The highest BCUT2D eigenvalue weighted by atomic mass is 19.4. The van der Waals surface area contributed by atoms with E-state index in [0.717, 1.165) is 23.8 Å². The summed E-state index contributed by atoms with van der Waals surface area (Å²) in [6.07, 6.45) is -3.51. The molecule has 0 bridgehead atoms. The number of hydrogen-bond acceptors (Lipinski definition) is 5. The largest absolute Gasteiger partial charge is 0.491 e. The Balaban J connectivity index is 1.89. The Morgan fingerprint density at radius 1 is 1.09 bits per heavy atom. The van der Waals surface area contributed by atoms with Gasteiger partial charge >= 0.3 is 12.1 Å². The van der Waals surface area contributed by atoms with Gasteiger partial charge in [0.05, 0.1) is 12.6 Å². The lowest BCUT2D eigenvalue weighted by Gasteiger charge is -2.43. The molecule has 1 aliphatic rings. The quantitative estimate of drug-likeness (QED) is 0.210. The molecule has 2 N–H and O–H groups in total. The van der Waals surface area contributed by atoms with Crippen molar-refractivity contribution < 1.29 is 41.0 Å². The molecule has 0 spiro atoms. The Labute approximate surface area is 252 Å². The molecule has 12 heteroatoms. The van der Waals surface area contributed by atoms with Gasteiger partial charge in [-0.15, -0.1) is 0 Å². The zero-order valence-corrected chi connectivity index (χ0v) is 24.8. The molecule has 2 atom stereocenters. The van der Waals surface area contributed by atoms with Gasteiger partial charge in [0.2, 0.25) is 0 Å². The number of benzene rings is 2. The zero-order valence-electron chi connectivity index (χ0n) is 24.8. The first kappa shape index (κ1) is 33.1. The number of halogens is 5. The van der Waals surface area contributed by atoms with Crippen molar-refractivity contribution in [3.05, 3.63) is 83.7 Å². The van der Waals surface area contributed by atoms with Crippen LogP contribution in [-0.2, 0) is 25.6 Å². The van der Waals surface area contributed by atoms with Crippen molar-refractivity contribution >= 4 is 11.9 Å². The summed E-state index contributed by atoms with van der Waals surface area (Å²) >= 11 is 0. The number of nitrogens with two attached hydrogens (primary N) is 1. The van der Waals surface area contributed by atoms with Gasteiger partial charge in [0.1, 0.15) is 11.6 Å². The highest BCUT2D eigenvalue weighted by Gasteiger charge is 2.55. The van der Waals surface area contributed by atoms with Crippen molar-refractivity contribution in [2.75, 3.05) is 19.7 Å². The van der Waals surface area contributed by atoms with Gasteiger partial charge in [-0.05, 0) is 54.6 Å². The first-order valence-electron chi connectivity index (χ1n) is 14.3. The van der Waals surface area contributed by atoms with Crippen LogP contribution >= 0.6 is 0 Å². The second-order valence-corrected chi connectivity index (χ2v) is 11.9. The summed E-state index contributed by atoms with van der Waals surface area (Å²) in [6, 6.07) is 13.2. The molecule has 2 heterocycles. The average molecular weight is 622 g/mol. The van der Waals surface area contributed by atoms with Crippen LogP contribution in [0.2, 0.25) is 0 Å². The van der Waals surface area contributed by atoms with Crippen LogP contribution in [0.15, 0.2) is 60.8 Å². The van der Waals surface area contributed by atoms with Crippen LogP contribution in [-0.4, -0.2) is 53.0 Å². The van der Waals surface area contributed by atoms with Gasteiger partial charge in [-0.3, -0.25) is 4.79 Å². The predicted octanol–water partition coefficient (Wildman–Crippen LogP) is 6.36. The fourth-order valence-electron chi connectivity index (χ4n) is 5.55. The maximum absolute atomic E-state index is 15.0. The summed E-state index contributed by atoms with van der Waals surface area (Å²) in [5.41, 5.74) is 6.74. The highest BCUT2D eigenvalue weighted by molar-refractivity contribution is 5.88. The van der Waals surface area contributed by atoms with Crippen LogP contribution < -0.4 is 5.73 Å². The van der Waals surface area contributed by atoms with Crippen LogP contribution in [0, 0.1) is 17.0 Å². The van der Waals surface area contributed by atoms with Gasteiger partial charge in [-0.2, -0.15) is 13.2 Å². The van der Waals surface area contributed by atoms with Gasteiger partial charge in [-0.25, -0.2) is 13.6 Å². The summed E-state index contributed by atoms with van der Waals surface area (Å²) in [5.74, 6) is -7.27. The van der Waals surface area contributed by atoms with Gasteiger partial charge in [0, 0.05) is 42.5 Å². The third kappa shape index (κ3) is 7.29. The molecule has 1 aromatic heterocycles. The second-order valence-electron chi connectivity index (χ2n) is 11.9. The number of amides is 1. The van der Waals surface area contributed by atoms with E-state index >= 15 is 0 Å². The van der Waals surface area contributed by atoms with E-state index in [2.05, 4.69) is 0 Å². The van der Waals surface area contributed by atoms with E-state index in [4.69, 9.17) is 15.2 Å². The summed E-state index contributed by atoms with van der Waals surface area (Å²) in [7, 11) is 0. The molecule has 1 aliphatic heterocycles. The van der Waals surface area contributed by atoms with Crippen molar-refractivity contribution in [3.63, 3.8) is 0 Å². The molecule has 1 saturated heterocycles. The Morgan fingerprint density at radius 3 is 2.39 bits per heavy atom. The molecule has 0 saturated carbocycles. The molecule has 0 unspecified atom stereocenters. The molecule has 3 aromatic rings. The van der Waals surface area contributed by atoms with Crippen molar-refractivity contribution in [1.29, 1.82) is 0 Å². The fourth-order valence-corrected chi connectivity index (χ4v) is 5.55. The lowest BCUT2D eigenvalue weighted by molar-refractivity contribution is -0.250. The minimum absolute atomic E-state index is 0.000240. The third-order valence-corrected chi connectivity index (χ3v) is 7.44. The van der Waals surface area contributed by atoms with Gasteiger partial charge in [-0.1, -0.05) is 51.1 Å². The molecule has 4 rings (SSSR count). The molecular formula is C32H36F5N3O4. The summed E-state index contributed by atoms with van der Waals surface area (Å²) in [6.45, 7) is 5.86. The Kier molecular flexibility index (Phi) is 9.84. The molecule has 7 nitrogen and oxygen atoms in total. The molecule has 2 aromatic carbocycles. The minimum Gasteiger partial charge on any atom is -0.416 e. The smallest absolute Gasteiger partial charge is 0.416 e. The summed E-state index contributed by atoms with van der Waals surface area (Å²) < 4.78 is 81.2. The normalized spacial score (nSPS) is 17.8. The maximum atomic E-state index is 15.0.